The van der Waals surface area contributed by atoms with Gasteiger partial charge >= 0.3 is 0 Å². The Labute approximate surface area is 391 Å². The van der Waals surface area contributed by atoms with Gasteiger partial charge in [-0.3, -0.25) is 0 Å². The molecule has 6 fully saturated rings. The molecular weight excluding hydrogens is 881 g/mol. The van der Waals surface area contributed by atoms with E-state index in [1.807, 2.05) is 20.8 Å². The predicted molar refractivity (Wildman–Crippen MR) is 233 cm³/mol. The normalized spacial score (nSPS) is 55.3. The summed E-state index contributed by atoms with van der Waals surface area (Å²) in [7, 11) is 0. The molecule has 13 N–H and O–H groups in total. The molecule has 67 heavy (non-hydrogen) atoms. The summed E-state index contributed by atoms with van der Waals surface area (Å²) < 4.78 is 37.1. The molecule has 5 aliphatic carbocycles. The molecule has 0 radical (unpaired) electrons. The summed E-state index contributed by atoms with van der Waals surface area (Å²) in [6.45, 7) is 12.3. The first-order valence-corrected chi connectivity index (χ1v) is 24.2. The number of fused-ring (bicyclic) bond motifs is 6. The number of allylic oxidation sites excluding steroid dienone is 3. The van der Waals surface area contributed by atoms with Gasteiger partial charge in [0.05, 0.1) is 50.8 Å². The molecule has 0 unspecified atom stereocenters. The third kappa shape index (κ3) is 7.88. The minimum atomic E-state index is -1.90. The molecule has 0 spiro atoms. The van der Waals surface area contributed by atoms with Gasteiger partial charge in [0, 0.05) is 16.2 Å². The number of aliphatic hydroxyl groups excluding tert-OH is 13. The minimum absolute atomic E-state index is 0.0179. The summed E-state index contributed by atoms with van der Waals surface area (Å²) >= 11 is 0. The summed E-state index contributed by atoms with van der Waals surface area (Å²) in [6, 6.07) is 0. The Morgan fingerprint density at radius 2 is 1.19 bits per heavy atom. The summed E-state index contributed by atoms with van der Waals surface area (Å²) in [5.41, 5.74) is -1.45. The second-order valence-electron chi connectivity index (χ2n) is 23.1. The van der Waals surface area contributed by atoms with E-state index in [0.29, 0.717) is 32.1 Å². The second-order valence-corrected chi connectivity index (χ2v) is 23.1. The first-order valence-electron chi connectivity index (χ1n) is 24.2. The van der Waals surface area contributed by atoms with E-state index in [1.54, 1.807) is 0 Å². The van der Waals surface area contributed by atoms with E-state index in [2.05, 4.69) is 32.9 Å². The van der Waals surface area contributed by atoms with Crippen LogP contribution in [0.4, 0.5) is 0 Å². The molecule has 3 heterocycles. The van der Waals surface area contributed by atoms with Crippen LogP contribution in [0.1, 0.15) is 93.4 Å². The van der Waals surface area contributed by atoms with E-state index in [-0.39, 0.29) is 36.9 Å². The molecule has 3 saturated carbocycles. The molecule has 0 amide bonds. The van der Waals surface area contributed by atoms with Gasteiger partial charge in [-0.1, -0.05) is 59.3 Å². The molecular formula is C48H78O19. The number of ether oxygens (including phenoxy) is 6. The van der Waals surface area contributed by atoms with Crippen LogP contribution >= 0.6 is 0 Å². The van der Waals surface area contributed by atoms with Crippen LogP contribution in [0.25, 0.3) is 0 Å². The van der Waals surface area contributed by atoms with Gasteiger partial charge in [-0.25, -0.2) is 0 Å². The summed E-state index contributed by atoms with van der Waals surface area (Å²) in [6.07, 6.45) is -18.7. The zero-order chi connectivity index (χ0) is 49.1. The lowest BCUT2D eigenvalue weighted by atomic mass is 9.35. The van der Waals surface area contributed by atoms with Crippen LogP contribution in [-0.4, -0.2) is 203 Å². The smallest absolute Gasteiger partial charge is 0.187 e. The molecule has 384 valence electrons. The Hall–Kier alpha value is -1.28. The van der Waals surface area contributed by atoms with Gasteiger partial charge in [0.1, 0.15) is 67.1 Å². The van der Waals surface area contributed by atoms with Crippen LogP contribution in [0.15, 0.2) is 23.3 Å². The monoisotopic (exact) mass is 959 g/mol. The fraction of sp³-hybridized carbons (Fsp3) is 0.917. The van der Waals surface area contributed by atoms with Crippen molar-refractivity contribution in [3.63, 3.8) is 0 Å². The number of hydrogen-bond acceptors (Lipinski definition) is 19. The van der Waals surface area contributed by atoms with Crippen molar-refractivity contribution < 1.29 is 94.8 Å². The standard InChI is InChI=1S/C48H78O19/c1-21-31(55)38(66-40-36(60)34(58)32(56)24(17-49)63-40)39(67-41-37(61)35(59)33(57)25(18-50)64-41)42(62-21)65-30-11-12-44(4)26(45(30,5)19-51)10-13-46(6)27(44)9-8-22-23-14-43(2,3)28(53)16-48(23,20-52)29(54)15-47(22,46)7/h8-9,21,24-42,49-61H,10-20H2,1-7H3/t21-,24-,25-,26-,27-,28-,29+,30+,31+,32-,33-,34+,35+,36-,37-,38+,39-,40+,41+,42+,44+,45+,46-,47-,48-/m1/s1. The lowest BCUT2D eigenvalue weighted by Gasteiger charge is -2.70. The Morgan fingerprint density at radius 3 is 1.75 bits per heavy atom. The topological polar surface area (TPSA) is 318 Å². The van der Waals surface area contributed by atoms with Crippen molar-refractivity contribution in [2.45, 2.75) is 204 Å². The maximum atomic E-state index is 12.1. The lowest BCUT2D eigenvalue weighted by molar-refractivity contribution is -0.398. The molecule has 0 aromatic rings. The lowest BCUT2D eigenvalue weighted by Crippen LogP contribution is -2.68. The molecule has 19 heteroatoms. The van der Waals surface area contributed by atoms with Crippen LogP contribution in [0, 0.1) is 44.3 Å². The number of rotatable bonds is 10. The minimum Gasteiger partial charge on any atom is -0.396 e. The van der Waals surface area contributed by atoms with E-state index in [4.69, 9.17) is 28.4 Å². The average molecular weight is 959 g/mol. The third-order valence-electron chi connectivity index (χ3n) is 19.1. The molecule has 3 saturated heterocycles. The van der Waals surface area contributed by atoms with E-state index in [0.717, 1.165) is 17.6 Å². The van der Waals surface area contributed by atoms with Gasteiger partial charge in [-0.2, -0.15) is 0 Å². The Bertz CT molecular complexity index is 1850. The highest BCUT2D eigenvalue weighted by molar-refractivity contribution is 5.47. The molecule has 19 nitrogen and oxygen atoms in total. The van der Waals surface area contributed by atoms with Crippen LogP contribution in [0.2, 0.25) is 0 Å². The van der Waals surface area contributed by atoms with Crippen molar-refractivity contribution in [1.29, 1.82) is 0 Å². The molecule has 8 rings (SSSR count). The molecule has 3 aliphatic heterocycles. The van der Waals surface area contributed by atoms with E-state index < -0.39 is 151 Å². The van der Waals surface area contributed by atoms with Crippen molar-refractivity contribution >= 4 is 0 Å². The number of hydrogen-bond donors (Lipinski definition) is 13. The van der Waals surface area contributed by atoms with Gasteiger partial charge in [0.2, 0.25) is 0 Å². The zero-order valence-corrected chi connectivity index (χ0v) is 39.7. The quantitative estimate of drug-likeness (QED) is 0.111. The van der Waals surface area contributed by atoms with Crippen molar-refractivity contribution in [1.82, 2.24) is 0 Å². The first kappa shape index (κ1) is 52.1. The van der Waals surface area contributed by atoms with Crippen LogP contribution in [0.5, 0.6) is 0 Å². The van der Waals surface area contributed by atoms with Crippen molar-refractivity contribution in [3.05, 3.63) is 23.3 Å². The Kier molecular flexibility index (Phi) is 14.2. The number of aliphatic hydroxyl groups is 13. The van der Waals surface area contributed by atoms with Crippen LogP contribution < -0.4 is 0 Å². The SMILES string of the molecule is C[C@H]1O[C@@H](O[C@H]2CC[C@@]3(C)[C@@H](CC[C@]4(C)[C@@H]3C=CC3=C5CC(C)(C)[C@H](O)C[C@]5(CO)[C@@H](O)C[C@]34C)[C@]2(C)CO)[C@H](O[C@@H]2O[C@H](CO)[C@@H](O)[C@H](O)[C@H]2O)[C@@H](O[C@@H]2O[C@H](CO)[C@@H](O)[C@H](O)[C@H]2O)[C@H]1O. The molecule has 8 aliphatic rings. The van der Waals surface area contributed by atoms with Gasteiger partial charge in [0.15, 0.2) is 18.9 Å². The molecule has 0 aromatic heterocycles. The highest BCUT2D eigenvalue weighted by atomic mass is 16.8. The molecule has 0 aromatic carbocycles. The summed E-state index contributed by atoms with van der Waals surface area (Å²) in [5, 5.41) is 142. The van der Waals surface area contributed by atoms with Gasteiger partial charge in [-0.15, -0.1) is 0 Å². The fourth-order valence-corrected chi connectivity index (χ4v) is 14.5. The van der Waals surface area contributed by atoms with Gasteiger partial charge < -0.3 is 94.8 Å². The average Bonchev–Trinajstić information content (AvgIpc) is 3.28. The molecule has 25 atom stereocenters. The molecule has 0 bridgehead atoms. The van der Waals surface area contributed by atoms with Crippen molar-refractivity contribution in [2.75, 3.05) is 26.4 Å². The zero-order valence-electron chi connectivity index (χ0n) is 39.7. The maximum Gasteiger partial charge on any atom is 0.187 e. The van der Waals surface area contributed by atoms with Crippen molar-refractivity contribution in [2.24, 2.45) is 44.3 Å². The second kappa shape index (κ2) is 18.3. The first-order chi connectivity index (χ1) is 31.3. The van der Waals surface area contributed by atoms with E-state index >= 15 is 0 Å². The highest BCUT2D eigenvalue weighted by Crippen LogP contribution is 2.74. The maximum absolute atomic E-state index is 12.1. The Morgan fingerprint density at radius 1 is 0.612 bits per heavy atom. The van der Waals surface area contributed by atoms with E-state index in [9.17, 15) is 66.4 Å². The highest BCUT2D eigenvalue weighted by Gasteiger charge is 2.69. The third-order valence-corrected chi connectivity index (χ3v) is 19.1. The van der Waals surface area contributed by atoms with Crippen molar-refractivity contribution in [3.8, 4) is 0 Å². The Balaban J connectivity index is 1.12. The van der Waals surface area contributed by atoms with Crippen LogP contribution in [0.3, 0.4) is 0 Å². The summed E-state index contributed by atoms with van der Waals surface area (Å²) in [5.74, 6) is -0.161. The summed E-state index contributed by atoms with van der Waals surface area (Å²) in [4.78, 5) is 0. The fourth-order valence-electron chi connectivity index (χ4n) is 14.5. The predicted octanol–water partition coefficient (Wildman–Crippen LogP) is -1.52. The van der Waals surface area contributed by atoms with Gasteiger partial charge in [-0.05, 0) is 85.5 Å². The largest absolute Gasteiger partial charge is 0.396 e. The van der Waals surface area contributed by atoms with Gasteiger partial charge in [0.25, 0.3) is 0 Å². The van der Waals surface area contributed by atoms with E-state index in [1.165, 1.54) is 6.92 Å². The van der Waals surface area contributed by atoms with Crippen LogP contribution in [-0.2, 0) is 28.4 Å².